The Bertz CT molecular complexity index is 4520. The highest BCUT2D eigenvalue weighted by molar-refractivity contribution is 7.00. The Morgan fingerprint density at radius 1 is 0.417 bits per heavy atom. The number of dihydropyridines is 1. The summed E-state index contributed by atoms with van der Waals surface area (Å²) in [4.78, 5) is 5.23. The summed E-state index contributed by atoms with van der Waals surface area (Å²) in [6, 6.07) is 69.1. The van der Waals surface area contributed by atoms with Gasteiger partial charge in [0.15, 0.2) is 0 Å². The summed E-state index contributed by atoms with van der Waals surface area (Å²) in [5.41, 5.74) is 28.0. The fourth-order valence-electron chi connectivity index (χ4n) is 13.9. The van der Waals surface area contributed by atoms with Gasteiger partial charge in [0.2, 0.25) is 6.71 Å². The average Bonchev–Trinajstić information content (AvgIpc) is 3.92. The van der Waals surface area contributed by atoms with Crippen LogP contribution in [0.5, 0.6) is 0 Å². The number of hydrogen-bond donors (Lipinski definition) is 1. The van der Waals surface area contributed by atoms with Gasteiger partial charge in [0.1, 0.15) is 0 Å². The summed E-state index contributed by atoms with van der Waals surface area (Å²) in [6.07, 6.45) is 6.75. The van der Waals surface area contributed by atoms with Crippen molar-refractivity contribution in [3.05, 3.63) is 228 Å². The van der Waals surface area contributed by atoms with Crippen molar-refractivity contribution >= 4 is 88.2 Å². The zero-order valence-electron chi connectivity index (χ0n) is 40.3. The molecule has 2 aliphatic carbocycles. The molecule has 0 amide bonds. The van der Waals surface area contributed by atoms with E-state index >= 15 is 0 Å². The van der Waals surface area contributed by atoms with Crippen LogP contribution in [0.4, 0.5) is 0 Å². The van der Waals surface area contributed by atoms with Gasteiger partial charge in [-0.2, -0.15) is 0 Å². The van der Waals surface area contributed by atoms with E-state index in [0.717, 1.165) is 29.1 Å². The molecule has 334 valence electrons. The lowest BCUT2D eigenvalue weighted by atomic mass is 9.33. The molecule has 3 heterocycles. The highest BCUT2D eigenvalue weighted by Crippen LogP contribution is 2.50. The van der Waals surface area contributed by atoms with Crippen molar-refractivity contribution in [3.8, 4) is 66.9 Å². The third kappa shape index (κ3) is 5.48. The Morgan fingerprint density at radius 2 is 0.958 bits per heavy atom. The monoisotopic (exact) mass is 912 g/mol. The number of benzene rings is 11. The molecule has 1 N–H and O–H groups in total. The van der Waals surface area contributed by atoms with Crippen molar-refractivity contribution < 1.29 is 0 Å². The van der Waals surface area contributed by atoms with E-state index in [-0.39, 0.29) is 6.71 Å². The van der Waals surface area contributed by atoms with E-state index in [1.54, 1.807) is 0 Å². The molecule has 1 aromatic heterocycles. The van der Waals surface area contributed by atoms with Crippen LogP contribution in [0.15, 0.2) is 200 Å². The summed E-state index contributed by atoms with van der Waals surface area (Å²) in [5, 5.41) is 17.0. The van der Waals surface area contributed by atoms with Gasteiger partial charge in [-0.15, -0.1) is 0 Å². The van der Waals surface area contributed by atoms with Crippen molar-refractivity contribution in [1.82, 2.24) is 10.3 Å². The van der Waals surface area contributed by atoms with Crippen molar-refractivity contribution in [2.45, 2.75) is 20.8 Å². The molecule has 0 saturated carbocycles. The first-order valence-electron chi connectivity index (χ1n) is 25.4. The van der Waals surface area contributed by atoms with Gasteiger partial charge in [0, 0.05) is 29.6 Å². The molecule has 2 aliphatic heterocycles. The Hall–Kier alpha value is -8.79. The summed E-state index contributed by atoms with van der Waals surface area (Å²) in [6.45, 7) is 7.64. The van der Waals surface area contributed by atoms with Crippen molar-refractivity contribution in [2.24, 2.45) is 0 Å². The predicted octanol–water partition coefficient (Wildman–Crippen LogP) is 15.3. The Morgan fingerprint density at radius 3 is 1.60 bits per heavy atom. The number of aryl methyl sites for hydroxylation is 3. The van der Waals surface area contributed by atoms with E-state index in [1.165, 1.54) is 154 Å². The Labute approximate surface area is 418 Å². The van der Waals surface area contributed by atoms with Crippen LogP contribution in [-0.2, 0) is 0 Å². The molecule has 0 atom stereocenters. The van der Waals surface area contributed by atoms with Gasteiger partial charge in [-0.3, -0.25) is 4.98 Å². The van der Waals surface area contributed by atoms with E-state index in [4.69, 9.17) is 4.98 Å². The minimum Gasteiger partial charge on any atom is -0.381 e. The average molecular weight is 913 g/mol. The quantitative estimate of drug-likeness (QED) is 0.137. The molecule has 4 aliphatic rings. The van der Waals surface area contributed by atoms with Gasteiger partial charge in [-0.05, 0) is 184 Å². The molecule has 0 fully saturated rings. The molecule has 16 rings (SSSR count). The predicted molar refractivity (Wildman–Crippen MR) is 307 cm³/mol. The molecule has 3 heteroatoms. The fraction of sp³-hybridized carbons (Fsp3) is 0.0580. The molecule has 72 heavy (non-hydrogen) atoms. The van der Waals surface area contributed by atoms with Crippen LogP contribution < -0.4 is 21.7 Å². The Kier molecular flexibility index (Phi) is 8.13. The maximum Gasteiger partial charge on any atom is 0.243 e. The number of pyridine rings is 1. The zero-order chi connectivity index (χ0) is 47.5. The number of aromatic nitrogens is 1. The second-order valence-electron chi connectivity index (χ2n) is 20.7. The number of allylic oxidation sites excluding steroid dienone is 2. The number of nitrogens with one attached hydrogen (secondary N) is 1. The van der Waals surface area contributed by atoms with Crippen LogP contribution >= 0.6 is 0 Å². The van der Waals surface area contributed by atoms with E-state index in [0.29, 0.717) is 0 Å². The van der Waals surface area contributed by atoms with Crippen molar-refractivity contribution in [1.29, 1.82) is 0 Å². The standard InChI is InChI=1S/C69H45BN2/c1-38-30-39(2)69(40(3)31-38)70-60-20-8-18-54-58(62-36-45(26-28-71-62)43-22-24-48-50-14-4-10-41-12-6-16-52(64(41)50)56(48)32-43)34-47-35-59(55-19-9-21-61(70)68(55)66(47)67(54)60)63-37-46(27-29-72-63)44-23-25-49-51-15-5-11-42-13-7-17-53(65(42)51)57(49)33-44/h4-28,30-37,72H,29H2,1-3H3. The first-order valence-corrected chi connectivity index (χ1v) is 25.4. The van der Waals surface area contributed by atoms with Crippen LogP contribution in [0.1, 0.15) is 27.8 Å². The lowest BCUT2D eigenvalue weighted by Gasteiger charge is -2.30. The molecular formula is C69H45BN2. The van der Waals surface area contributed by atoms with Crippen LogP contribution in [0, 0.1) is 20.8 Å². The third-order valence-corrected chi connectivity index (χ3v) is 16.7. The first-order chi connectivity index (χ1) is 35.4. The van der Waals surface area contributed by atoms with Crippen LogP contribution in [0.3, 0.4) is 0 Å². The highest BCUT2D eigenvalue weighted by Gasteiger charge is 2.35. The van der Waals surface area contributed by atoms with Crippen molar-refractivity contribution in [3.63, 3.8) is 0 Å². The summed E-state index contributed by atoms with van der Waals surface area (Å²) in [7, 11) is 0. The Balaban J connectivity index is 0.901. The molecular weight excluding hydrogens is 868 g/mol. The van der Waals surface area contributed by atoms with Crippen LogP contribution in [0.25, 0.3) is 132 Å². The van der Waals surface area contributed by atoms with Gasteiger partial charge in [-0.1, -0.05) is 185 Å². The van der Waals surface area contributed by atoms with Gasteiger partial charge in [0.25, 0.3) is 0 Å². The molecule has 11 aromatic carbocycles. The van der Waals surface area contributed by atoms with Gasteiger partial charge in [0.05, 0.1) is 5.69 Å². The minimum atomic E-state index is 0.0576. The number of fused-ring (bicyclic) bond motifs is 6. The van der Waals surface area contributed by atoms with E-state index in [9.17, 15) is 0 Å². The zero-order valence-corrected chi connectivity index (χ0v) is 40.3. The fourth-order valence-corrected chi connectivity index (χ4v) is 13.9. The first kappa shape index (κ1) is 40.0. The highest BCUT2D eigenvalue weighted by atomic mass is 14.9. The van der Waals surface area contributed by atoms with Crippen LogP contribution in [-0.4, -0.2) is 18.2 Å². The summed E-state index contributed by atoms with van der Waals surface area (Å²) >= 11 is 0. The van der Waals surface area contributed by atoms with Gasteiger partial charge >= 0.3 is 0 Å². The SMILES string of the molecule is Cc1cc(C)c(B2c3cccc4c(C5=CC(c6ccc7c(c6)-c6cccc8cccc-7c68)=CCN5)cc5cc(-c6cc(-c7ccc8c(c7)-c7cccc9cccc-8c79)ccn6)c6cccc2c6c5c34)c(C)c1. The topological polar surface area (TPSA) is 24.9 Å². The second-order valence-corrected chi connectivity index (χ2v) is 20.7. The molecule has 2 nitrogen and oxygen atoms in total. The van der Waals surface area contributed by atoms with Gasteiger partial charge < -0.3 is 5.32 Å². The molecule has 0 spiro atoms. The lowest BCUT2D eigenvalue weighted by Crippen LogP contribution is -2.55. The molecule has 0 radical (unpaired) electrons. The molecule has 12 aromatic rings. The maximum atomic E-state index is 5.23. The minimum absolute atomic E-state index is 0.0576. The van der Waals surface area contributed by atoms with E-state index in [2.05, 4.69) is 220 Å². The lowest BCUT2D eigenvalue weighted by molar-refractivity contribution is 1.00. The normalized spacial score (nSPS) is 13.7. The number of rotatable bonds is 5. The molecule has 0 bridgehead atoms. The molecule has 0 unspecified atom stereocenters. The summed E-state index contributed by atoms with van der Waals surface area (Å²) in [5.74, 6) is 0. The van der Waals surface area contributed by atoms with Gasteiger partial charge in [-0.25, -0.2) is 0 Å². The summed E-state index contributed by atoms with van der Waals surface area (Å²) < 4.78 is 0. The van der Waals surface area contributed by atoms with E-state index < -0.39 is 0 Å². The smallest absolute Gasteiger partial charge is 0.243 e. The second kappa shape index (κ2) is 14.6. The largest absolute Gasteiger partial charge is 0.381 e. The maximum absolute atomic E-state index is 5.23. The number of nitrogens with zero attached hydrogens (tertiary/aromatic N) is 1. The third-order valence-electron chi connectivity index (χ3n) is 16.7. The van der Waals surface area contributed by atoms with E-state index in [1.807, 2.05) is 6.20 Å². The number of hydrogen-bond acceptors (Lipinski definition) is 2. The van der Waals surface area contributed by atoms with Crippen LogP contribution in [0.2, 0.25) is 0 Å². The molecule has 0 saturated heterocycles. The van der Waals surface area contributed by atoms with Crippen molar-refractivity contribution in [2.75, 3.05) is 6.54 Å².